The number of allylic oxidation sites excluding steroid dienone is 2. The topological polar surface area (TPSA) is 40.5 Å². The lowest BCUT2D eigenvalue weighted by Crippen LogP contribution is -2.34. The van der Waals surface area contributed by atoms with Crippen LogP contribution in [0.25, 0.3) is 0 Å². The number of hydrogen-bond acceptors (Lipinski definition) is 3. The van der Waals surface area contributed by atoms with Crippen molar-refractivity contribution < 1.29 is 10.2 Å². The molecule has 1 aliphatic carbocycles. The SMILES string of the molecule is CCCC/C=C(\C)CCCC(C)(O)CCCC(C)CCC1=CC(O)C(C)C(C)C1S. The summed E-state index contributed by atoms with van der Waals surface area (Å²) in [4.78, 5) is 0. The lowest BCUT2D eigenvalue weighted by Gasteiger charge is -2.35. The van der Waals surface area contributed by atoms with E-state index in [0.717, 1.165) is 51.4 Å². The zero-order valence-electron chi connectivity index (χ0n) is 20.7. The smallest absolute Gasteiger partial charge is 0.0752 e. The maximum atomic E-state index is 10.7. The van der Waals surface area contributed by atoms with Crippen LogP contribution in [0.5, 0.6) is 0 Å². The van der Waals surface area contributed by atoms with E-state index in [-0.39, 0.29) is 17.3 Å². The molecular weight excluding hydrogens is 388 g/mol. The van der Waals surface area contributed by atoms with Crippen LogP contribution in [-0.2, 0) is 0 Å². The number of aliphatic hydroxyl groups is 2. The molecule has 1 aliphatic rings. The van der Waals surface area contributed by atoms with Gasteiger partial charge in [-0.1, -0.05) is 76.7 Å². The summed E-state index contributed by atoms with van der Waals surface area (Å²) in [6, 6.07) is 0. The minimum Gasteiger partial charge on any atom is -0.390 e. The molecule has 0 radical (unpaired) electrons. The van der Waals surface area contributed by atoms with Gasteiger partial charge < -0.3 is 10.2 Å². The Morgan fingerprint density at radius 3 is 2.50 bits per heavy atom. The standard InChI is InChI=1S/C27H50O2S/c1-7-8-9-12-20(2)13-10-17-27(6,29)18-11-14-21(3)15-16-24-19-25(28)22(4)23(5)26(24)30/h12,19,21-23,25-26,28-30H,7-11,13-18H2,1-6H3/b20-12+. The fourth-order valence-electron chi connectivity index (χ4n) is 4.55. The molecular formula is C27H50O2S. The van der Waals surface area contributed by atoms with E-state index in [9.17, 15) is 10.2 Å². The molecule has 0 bridgehead atoms. The minimum absolute atomic E-state index is 0.274. The first-order valence-electron chi connectivity index (χ1n) is 12.5. The lowest BCUT2D eigenvalue weighted by molar-refractivity contribution is 0.0365. The van der Waals surface area contributed by atoms with E-state index in [0.29, 0.717) is 11.8 Å². The zero-order valence-corrected chi connectivity index (χ0v) is 21.6. The van der Waals surface area contributed by atoms with Gasteiger partial charge in [0.25, 0.3) is 0 Å². The molecule has 0 aliphatic heterocycles. The van der Waals surface area contributed by atoms with E-state index in [1.165, 1.54) is 30.4 Å². The largest absolute Gasteiger partial charge is 0.390 e. The fraction of sp³-hybridized carbons (Fsp3) is 0.852. The number of hydrogen-bond donors (Lipinski definition) is 3. The van der Waals surface area contributed by atoms with Crippen LogP contribution in [0.1, 0.15) is 112 Å². The van der Waals surface area contributed by atoms with Crippen LogP contribution in [0.2, 0.25) is 0 Å². The highest BCUT2D eigenvalue weighted by Gasteiger charge is 2.31. The van der Waals surface area contributed by atoms with Gasteiger partial charge in [-0.15, -0.1) is 0 Å². The second-order valence-corrected chi connectivity index (χ2v) is 11.0. The summed E-state index contributed by atoms with van der Waals surface area (Å²) in [5, 5.41) is 21.3. The average Bonchev–Trinajstić information content (AvgIpc) is 2.68. The number of rotatable bonds is 14. The Labute approximate surface area is 193 Å². The molecule has 3 heteroatoms. The van der Waals surface area contributed by atoms with E-state index in [4.69, 9.17) is 12.6 Å². The van der Waals surface area contributed by atoms with E-state index < -0.39 is 5.60 Å². The Morgan fingerprint density at radius 1 is 1.17 bits per heavy atom. The molecule has 6 unspecified atom stereocenters. The summed E-state index contributed by atoms with van der Waals surface area (Å²) in [5.41, 5.74) is 2.25. The summed E-state index contributed by atoms with van der Waals surface area (Å²) in [6.45, 7) is 13.1. The summed E-state index contributed by atoms with van der Waals surface area (Å²) in [6.07, 6.45) is 16.2. The van der Waals surface area contributed by atoms with Gasteiger partial charge in [-0.05, 0) is 76.5 Å². The van der Waals surface area contributed by atoms with Crippen LogP contribution in [0.4, 0.5) is 0 Å². The highest BCUT2D eigenvalue weighted by atomic mass is 32.1. The molecule has 1 rings (SSSR count). The molecule has 0 saturated carbocycles. The van der Waals surface area contributed by atoms with Crippen molar-refractivity contribution in [3.63, 3.8) is 0 Å². The predicted molar refractivity (Wildman–Crippen MR) is 135 cm³/mol. The number of aliphatic hydroxyl groups excluding tert-OH is 1. The van der Waals surface area contributed by atoms with Gasteiger partial charge in [0.2, 0.25) is 0 Å². The van der Waals surface area contributed by atoms with Crippen molar-refractivity contribution in [3.8, 4) is 0 Å². The van der Waals surface area contributed by atoms with E-state index in [1.54, 1.807) is 0 Å². The number of thiol groups is 1. The summed E-state index contributed by atoms with van der Waals surface area (Å²) in [5.74, 6) is 1.34. The Bertz CT molecular complexity index is 537. The fourth-order valence-corrected chi connectivity index (χ4v) is 5.04. The third kappa shape index (κ3) is 10.4. The summed E-state index contributed by atoms with van der Waals surface area (Å²) in [7, 11) is 0. The normalized spacial score (nSPS) is 28.2. The van der Waals surface area contributed by atoms with Gasteiger partial charge in [0.15, 0.2) is 0 Å². The van der Waals surface area contributed by atoms with Gasteiger partial charge in [-0.2, -0.15) is 12.6 Å². The Hall–Kier alpha value is -0.250. The van der Waals surface area contributed by atoms with Gasteiger partial charge in [-0.25, -0.2) is 0 Å². The molecule has 2 nitrogen and oxygen atoms in total. The Kier molecular flexibility index (Phi) is 13.0. The van der Waals surface area contributed by atoms with Gasteiger partial charge in [0, 0.05) is 5.25 Å². The molecule has 0 aromatic rings. The second kappa shape index (κ2) is 14.0. The first kappa shape index (κ1) is 27.8. The van der Waals surface area contributed by atoms with Crippen molar-refractivity contribution in [1.82, 2.24) is 0 Å². The zero-order chi connectivity index (χ0) is 22.7. The van der Waals surface area contributed by atoms with Crippen LogP contribution in [0.15, 0.2) is 23.3 Å². The van der Waals surface area contributed by atoms with Gasteiger partial charge >= 0.3 is 0 Å². The molecule has 6 atom stereocenters. The molecule has 0 fully saturated rings. The van der Waals surface area contributed by atoms with Crippen molar-refractivity contribution in [2.24, 2.45) is 17.8 Å². The van der Waals surface area contributed by atoms with Crippen LogP contribution in [0, 0.1) is 17.8 Å². The molecule has 176 valence electrons. The summed E-state index contributed by atoms with van der Waals surface area (Å²) < 4.78 is 0. The molecule has 0 saturated heterocycles. The molecule has 0 aromatic heterocycles. The highest BCUT2D eigenvalue weighted by Crippen LogP contribution is 2.36. The molecule has 2 N–H and O–H groups in total. The van der Waals surface area contributed by atoms with E-state index in [1.807, 2.05) is 6.92 Å². The molecule has 30 heavy (non-hydrogen) atoms. The van der Waals surface area contributed by atoms with Gasteiger partial charge in [-0.3, -0.25) is 0 Å². The Balaban J connectivity index is 2.27. The highest BCUT2D eigenvalue weighted by molar-refractivity contribution is 7.81. The third-order valence-corrected chi connectivity index (χ3v) is 8.11. The van der Waals surface area contributed by atoms with Crippen LogP contribution in [0.3, 0.4) is 0 Å². The maximum Gasteiger partial charge on any atom is 0.0752 e. The maximum absolute atomic E-state index is 10.7. The molecule has 0 spiro atoms. The molecule has 0 aromatic carbocycles. The Morgan fingerprint density at radius 2 is 1.83 bits per heavy atom. The van der Waals surface area contributed by atoms with Crippen molar-refractivity contribution in [1.29, 1.82) is 0 Å². The van der Waals surface area contributed by atoms with Gasteiger partial charge in [0.1, 0.15) is 0 Å². The summed E-state index contributed by atoms with van der Waals surface area (Å²) >= 11 is 4.82. The average molecular weight is 439 g/mol. The predicted octanol–water partition coefficient (Wildman–Crippen LogP) is 7.50. The van der Waals surface area contributed by atoms with Crippen LogP contribution < -0.4 is 0 Å². The first-order chi connectivity index (χ1) is 14.1. The molecule has 0 heterocycles. The van der Waals surface area contributed by atoms with Crippen molar-refractivity contribution in [3.05, 3.63) is 23.3 Å². The van der Waals surface area contributed by atoms with Crippen LogP contribution >= 0.6 is 12.6 Å². The minimum atomic E-state index is -0.540. The van der Waals surface area contributed by atoms with Crippen molar-refractivity contribution in [2.45, 2.75) is 129 Å². The first-order valence-corrected chi connectivity index (χ1v) is 13.0. The number of unbranched alkanes of at least 4 members (excludes halogenated alkanes) is 2. The van der Waals surface area contributed by atoms with Gasteiger partial charge in [0.05, 0.1) is 11.7 Å². The quantitative estimate of drug-likeness (QED) is 0.149. The van der Waals surface area contributed by atoms with E-state index >= 15 is 0 Å². The third-order valence-electron chi connectivity index (χ3n) is 7.31. The van der Waals surface area contributed by atoms with Crippen molar-refractivity contribution in [2.75, 3.05) is 0 Å². The monoisotopic (exact) mass is 438 g/mol. The molecule has 0 amide bonds. The lowest BCUT2D eigenvalue weighted by atomic mass is 9.78. The van der Waals surface area contributed by atoms with Crippen molar-refractivity contribution >= 4 is 12.6 Å². The van der Waals surface area contributed by atoms with Crippen LogP contribution in [-0.4, -0.2) is 27.2 Å². The second-order valence-electron chi connectivity index (χ2n) is 10.5. The van der Waals surface area contributed by atoms with E-state index in [2.05, 4.69) is 46.8 Å².